The highest BCUT2D eigenvalue weighted by Gasteiger charge is 2.33. The fraction of sp³-hybridized carbons (Fsp3) is 0.600. The predicted octanol–water partition coefficient (Wildman–Crippen LogP) is 2.54. The van der Waals surface area contributed by atoms with E-state index >= 15 is 0 Å². The van der Waals surface area contributed by atoms with E-state index in [9.17, 15) is 5.11 Å². The predicted molar refractivity (Wildman–Crippen MR) is 81.9 cm³/mol. The molecule has 1 aliphatic rings. The van der Waals surface area contributed by atoms with Crippen LogP contribution < -0.4 is 5.73 Å². The molecule has 0 radical (unpaired) electrons. The number of hydrogen-bond donors (Lipinski definition) is 2. The fourth-order valence-corrected chi connectivity index (χ4v) is 3.51. The van der Waals surface area contributed by atoms with E-state index in [-0.39, 0.29) is 18.2 Å². The van der Waals surface area contributed by atoms with Crippen molar-refractivity contribution in [2.45, 2.75) is 38.5 Å². The van der Waals surface area contributed by atoms with Crippen molar-refractivity contribution >= 4 is 15.9 Å². The van der Waals surface area contributed by atoms with Crippen LogP contribution in [0.4, 0.5) is 0 Å². The molecule has 0 aromatic heterocycles. The molecular weight excluding hydrogens is 304 g/mol. The average Bonchev–Trinajstić information content (AvgIpc) is 2.81. The van der Waals surface area contributed by atoms with Gasteiger partial charge in [-0.1, -0.05) is 34.1 Å². The molecule has 1 heterocycles. The van der Waals surface area contributed by atoms with E-state index in [1.807, 2.05) is 13.0 Å². The quantitative estimate of drug-likeness (QED) is 0.893. The monoisotopic (exact) mass is 326 g/mol. The van der Waals surface area contributed by atoms with E-state index in [2.05, 4.69) is 46.0 Å². The van der Waals surface area contributed by atoms with E-state index in [0.29, 0.717) is 5.92 Å². The minimum absolute atomic E-state index is 0.0615. The topological polar surface area (TPSA) is 49.5 Å². The molecule has 0 bridgehead atoms. The molecule has 1 aromatic carbocycles. The van der Waals surface area contributed by atoms with E-state index < -0.39 is 0 Å². The molecule has 0 amide bonds. The minimum Gasteiger partial charge on any atom is -0.393 e. The van der Waals surface area contributed by atoms with Gasteiger partial charge in [0.2, 0.25) is 0 Å². The highest BCUT2D eigenvalue weighted by molar-refractivity contribution is 9.10. The third kappa shape index (κ3) is 3.37. The Balaban J connectivity index is 2.21. The first-order valence-electron chi connectivity index (χ1n) is 6.93. The summed E-state index contributed by atoms with van der Waals surface area (Å²) in [7, 11) is 0. The summed E-state index contributed by atoms with van der Waals surface area (Å²) in [4.78, 5) is 2.40. The summed E-state index contributed by atoms with van der Waals surface area (Å²) in [5, 5.41) is 9.75. The van der Waals surface area contributed by atoms with Crippen LogP contribution in [0.1, 0.15) is 31.9 Å². The third-order valence-corrected chi connectivity index (χ3v) is 4.78. The summed E-state index contributed by atoms with van der Waals surface area (Å²) >= 11 is 3.62. The molecule has 3 N–H and O–H groups in total. The number of nitrogens with zero attached hydrogens (tertiary/aromatic N) is 1. The Morgan fingerprint density at radius 3 is 2.58 bits per heavy atom. The molecule has 2 rings (SSSR count). The maximum Gasteiger partial charge on any atom is 0.0552 e. The van der Waals surface area contributed by atoms with Gasteiger partial charge in [-0.2, -0.15) is 0 Å². The molecule has 106 valence electrons. The van der Waals surface area contributed by atoms with Gasteiger partial charge < -0.3 is 10.8 Å². The second kappa shape index (κ2) is 6.35. The van der Waals surface area contributed by atoms with Gasteiger partial charge in [0.25, 0.3) is 0 Å². The summed E-state index contributed by atoms with van der Waals surface area (Å²) in [6, 6.07) is 8.54. The van der Waals surface area contributed by atoms with Crippen LogP contribution in [-0.4, -0.2) is 35.2 Å². The van der Waals surface area contributed by atoms with Crippen LogP contribution in [0.15, 0.2) is 28.7 Å². The molecule has 1 fully saturated rings. The number of nitrogens with two attached hydrogens (primary N) is 1. The largest absolute Gasteiger partial charge is 0.393 e. The molecule has 4 heteroatoms. The van der Waals surface area contributed by atoms with Crippen LogP contribution in [0.2, 0.25) is 0 Å². The summed E-state index contributed by atoms with van der Waals surface area (Å²) in [6.07, 6.45) is 0.809. The normalized spacial score (nSPS) is 25.2. The lowest BCUT2D eigenvalue weighted by molar-refractivity contribution is 0.119. The molecule has 1 saturated heterocycles. The van der Waals surface area contributed by atoms with Gasteiger partial charge in [0, 0.05) is 17.1 Å². The summed E-state index contributed by atoms with van der Waals surface area (Å²) in [6.45, 7) is 5.86. The number of halogens is 1. The number of likely N-dealkylation sites (tertiary alicyclic amines) is 1. The SMILES string of the molecule is CC(N)C(c1ccccc1Br)N1CCC(C(C)O)C1. The lowest BCUT2D eigenvalue weighted by Crippen LogP contribution is -2.39. The van der Waals surface area contributed by atoms with Crippen LogP contribution in [0.25, 0.3) is 0 Å². The molecule has 3 nitrogen and oxygen atoms in total. The zero-order valence-electron chi connectivity index (χ0n) is 11.6. The van der Waals surface area contributed by atoms with Gasteiger partial charge >= 0.3 is 0 Å². The van der Waals surface area contributed by atoms with Crippen molar-refractivity contribution in [3.05, 3.63) is 34.3 Å². The molecule has 0 saturated carbocycles. The summed E-state index contributed by atoms with van der Waals surface area (Å²) in [5.74, 6) is 0.365. The third-order valence-electron chi connectivity index (χ3n) is 4.05. The van der Waals surface area contributed by atoms with Gasteiger partial charge in [-0.15, -0.1) is 0 Å². The molecule has 0 spiro atoms. The molecule has 19 heavy (non-hydrogen) atoms. The van der Waals surface area contributed by atoms with Gasteiger partial charge in [0.15, 0.2) is 0 Å². The number of benzene rings is 1. The van der Waals surface area contributed by atoms with E-state index in [0.717, 1.165) is 24.0 Å². The van der Waals surface area contributed by atoms with Crippen LogP contribution in [0.3, 0.4) is 0 Å². The molecule has 0 aliphatic carbocycles. The van der Waals surface area contributed by atoms with Crippen molar-refractivity contribution < 1.29 is 5.11 Å². The van der Waals surface area contributed by atoms with Crippen LogP contribution in [0.5, 0.6) is 0 Å². The van der Waals surface area contributed by atoms with Gasteiger partial charge in [-0.05, 0) is 44.4 Å². The molecule has 1 aromatic rings. The van der Waals surface area contributed by atoms with Gasteiger partial charge in [0.05, 0.1) is 12.1 Å². The van der Waals surface area contributed by atoms with Crippen LogP contribution in [0, 0.1) is 5.92 Å². The number of aliphatic hydroxyl groups is 1. The van der Waals surface area contributed by atoms with Crippen molar-refractivity contribution in [3.8, 4) is 0 Å². The lowest BCUT2D eigenvalue weighted by atomic mass is 9.99. The Kier molecular flexibility index (Phi) is 5.01. The van der Waals surface area contributed by atoms with Crippen molar-refractivity contribution in [1.29, 1.82) is 0 Å². The second-order valence-corrected chi connectivity index (χ2v) is 6.46. The van der Waals surface area contributed by atoms with Gasteiger partial charge in [0.1, 0.15) is 0 Å². The summed E-state index contributed by atoms with van der Waals surface area (Å²) in [5.41, 5.74) is 7.45. The molecule has 4 atom stereocenters. The minimum atomic E-state index is -0.238. The first-order chi connectivity index (χ1) is 9.00. The Labute approximate surface area is 123 Å². The smallest absolute Gasteiger partial charge is 0.0552 e. The van der Waals surface area contributed by atoms with E-state index in [4.69, 9.17) is 5.73 Å². The Bertz CT molecular complexity index is 422. The van der Waals surface area contributed by atoms with Crippen molar-refractivity contribution in [2.24, 2.45) is 11.7 Å². The van der Waals surface area contributed by atoms with Gasteiger partial charge in [-0.3, -0.25) is 4.90 Å². The van der Waals surface area contributed by atoms with E-state index in [1.54, 1.807) is 0 Å². The standard InChI is InChI=1S/C15H23BrN2O/c1-10(17)15(13-5-3-4-6-14(13)16)18-8-7-12(9-18)11(2)19/h3-6,10-12,15,19H,7-9,17H2,1-2H3. The average molecular weight is 327 g/mol. The first kappa shape index (κ1) is 15.0. The fourth-order valence-electron chi connectivity index (χ4n) is 2.99. The Morgan fingerprint density at radius 1 is 1.37 bits per heavy atom. The first-order valence-corrected chi connectivity index (χ1v) is 7.72. The van der Waals surface area contributed by atoms with Crippen LogP contribution in [-0.2, 0) is 0 Å². The van der Waals surface area contributed by atoms with Crippen molar-refractivity contribution in [1.82, 2.24) is 4.90 Å². The lowest BCUT2D eigenvalue weighted by Gasteiger charge is -2.32. The number of rotatable bonds is 4. The van der Waals surface area contributed by atoms with Crippen molar-refractivity contribution in [3.63, 3.8) is 0 Å². The molecular formula is C15H23BrN2O. The Hall–Kier alpha value is -0.420. The van der Waals surface area contributed by atoms with E-state index in [1.165, 1.54) is 5.56 Å². The number of aliphatic hydroxyl groups excluding tert-OH is 1. The van der Waals surface area contributed by atoms with Crippen LogP contribution >= 0.6 is 15.9 Å². The molecule has 4 unspecified atom stereocenters. The zero-order valence-corrected chi connectivity index (χ0v) is 13.2. The molecule has 1 aliphatic heterocycles. The number of hydrogen-bond acceptors (Lipinski definition) is 3. The maximum atomic E-state index is 9.75. The highest BCUT2D eigenvalue weighted by Crippen LogP contribution is 2.34. The van der Waals surface area contributed by atoms with Gasteiger partial charge in [-0.25, -0.2) is 0 Å². The maximum absolute atomic E-state index is 9.75. The van der Waals surface area contributed by atoms with Crippen molar-refractivity contribution in [2.75, 3.05) is 13.1 Å². The highest BCUT2D eigenvalue weighted by atomic mass is 79.9. The Morgan fingerprint density at radius 2 is 2.05 bits per heavy atom. The summed E-state index contributed by atoms with van der Waals surface area (Å²) < 4.78 is 1.11. The zero-order chi connectivity index (χ0) is 14.0. The second-order valence-electron chi connectivity index (χ2n) is 5.61.